The van der Waals surface area contributed by atoms with Gasteiger partial charge in [-0.15, -0.1) is 0 Å². The molecule has 6 rings (SSSR count). The van der Waals surface area contributed by atoms with E-state index in [4.69, 9.17) is 9.51 Å². The Morgan fingerprint density at radius 2 is 2.06 bits per heavy atom. The molecule has 2 aliphatic heterocycles. The van der Waals surface area contributed by atoms with Gasteiger partial charge in [0.1, 0.15) is 5.76 Å². The lowest BCUT2D eigenvalue weighted by Gasteiger charge is -2.21. The van der Waals surface area contributed by atoms with Gasteiger partial charge >= 0.3 is 0 Å². The third-order valence-corrected chi connectivity index (χ3v) is 6.85. The van der Waals surface area contributed by atoms with Crippen molar-refractivity contribution in [2.45, 2.75) is 58.2 Å². The summed E-state index contributed by atoms with van der Waals surface area (Å²) in [5, 5.41) is 12.5. The van der Waals surface area contributed by atoms with E-state index in [1.54, 1.807) is 0 Å². The van der Waals surface area contributed by atoms with Gasteiger partial charge in [0.25, 0.3) is 0 Å². The Morgan fingerprint density at radius 3 is 2.81 bits per heavy atom. The number of fused-ring (bicyclic) bond motifs is 3. The molecule has 4 aromatic rings. The van der Waals surface area contributed by atoms with E-state index in [-0.39, 0.29) is 0 Å². The highest BCUT2D eigenvalue weighted by atomic mass is 16.5. The molecular formula is C24H26N6O. The summed E-state index contributed by atoms with van der Waals surface area (Å²) in [7, 11) is 0. The van der Waals surface area contributed by atoms with Crippen molar-refractivity contribution >= 4 is 16.9 Å². The fourth-order valence-electron chi connectivity index (χ4n) is 5.31. The van der Waals surface area contributed by atoms with Gasteiger partial charge in [0.05, 0.1) is 11.4 Å². The van der Waals surface area contributed by atoms with Crippen LogP contribution in [0.2, 0.25) is 0 Å². The smallest absolute Gasteiger partial charge is 0.223 e. The molecule has 2 saturated heterocycles. The van der Waals surface area contributed by atoms with Crippen LogP contribution in [0.25, 0.3) is 33.3 Å². The van der Waals surface area contributed by atoms with E-state index in [1.165, 1.54) is 12.8 Å². The maximum absolute atomic E-state index is 5.35. The van der Waals surface area contributed by atoms with E-state index in [0.29, 0.717) is 24.1 Å². The lowest BCUT2D eigenvalue weighted by Crippen LogP contribution is -2.34. The summed E-state index contributed by atoms with van der Waals surface area (Å²) in [6.45, 7) is 5.99. The summed E-state index contributed by atoms with van der Waals surface area (Å²) < 4.78 is 5.35. The first-order chi connectivity index (χ1) is 15.1. The number of H-pyrrole nitrogens is 1. The Labute approximate surface area is 180 Å². The van der Waals surface area contributed by atoms with E-state index in [0.717, 1.165) is 56.7 Å². The molecule has 0 saturated carbocycles. The third-order valence-electron chi connectivity index (χ3n) is 6.85. The van der Waals surface area contributed by atoms with Crippen LogP contribution in [0.3, 0.4) is 0 Å². The van der Waals surface area contributed by atoms with Crippen LogP contribution in [0.15, 0.2) is 35.1 Å². The van der Waals surface area contributed by atoms with Gasteiger partial charge in [-0.25, -0.2) is 9.97 Å². The Kier molecular flexibility index (Phi) is 4.14. The zero-order chi connectivity index (χ0) is 21.1. The van der Waals surface area contributed by atoms with Crippen LogP contribution >= 0.6 is 0 Å². The predicted molar refractivity (Wildman–Crippen MR) is 121 cm³/mol. The molecule has 5 heterocycles. The minimum Gasteiger partial charge on any atom is -0.361 e. The lowest BCUT2D eigenvalue weighted by molar-refractivity contribution is 0.393. The number of aryl methyl sites for hydroxylation is 3. The molecule has 7 nitrogen and oxygen atoms in total. The summed E-state index contributed by atoms with van der Waals surface area (Å²) in [6.07, 6.45) is 7.63. The number of hydrogen-bond donors (Lipinski definition) is 3. The van der Waals surface area contributed by atoms with Crippen LogP contribution < -0.4 is 10.6 Å². The van der Waals surface area contributed by atoms with Gasteiger partial charge in [0, 0.05) is 52.5 Å². The van der Waals surface area contributed by atoms with Gasteiger partial charge in [-0.1, -0.05) is 17.3 Å². The van der Waals surface area contributed by atoms with Crippen LogP contribution in [0.4, 0.5) is 5.95 Å². The van der Waals surface area contributed by atoms with Crippen molar-refractivity contribution in [3.05, 3.63) is 47.6 Å². The fourth-order valence-corrected chi connectivity index (χ4v) is 5.31. The number of hydrogen-bond acceptors (Lipinski definition) is 6. The first-order valence-corrected chi connectivity index (χ1v) is 11.0. The van der Waals surface area contributed by atoms with Crippen molar-refractivity contribution in [2.24, 2.45) is 0 Å². The molecule has 2 aliphatic rings. The lowest BCUT2D eigenvalue weighted by atomic mass is 9.96. The number of anilines is 1. The Morgan fingerprint density at radius 1 is 1.16 bits per heavy atom. The zero-order valence-corrected chi connectivity index (χ0v) is 18.0. The van der Waals surface area contributed by atoms with Crippen molar-refractivity contribution in [3.63, 3.8) is 0 Å². The second-order valence-electron chi connectivity index (χ2n) is 8.92. The molecule has 3 N–H and O–H groups in total. The van der Waals surface area contributed by atoms with Crippen molar-refractivity contribution < 1.29 is 4.52 Å². The van der Waals surface area contributed by atoms with Gasteiger partial charge in [0.15, 0.2) is 0 Å². The van der Waals surface area contributed by atoms with E-state index in [1.807, 2.05) is 26.2 Å². The zero-order valence-electron chi connectivity index (χ0n) is 18.0. The summed E-state index contributed by atoms with van der Waals surface area (Å²) in [4.78, 5) is 12.9. The minimum absolute atomic E-state index is 0.412. The molecule has 2 bridgehead atoms. The van der Waals surface area contributed by atoms with Crippen LogP contribution in [-0.2, 0) is 0 Å². The van der Waals surface area contributed by atoms with Crippen LogP contribution in [0.5, 0.6) is 0 Å². The average Bonchev–Trinajstić information content (AvgIpc) is 3.54. The van der Waals surface area contributed by atoms with E-state index < -0.39 is 0 Å². The fraction of sp³-hybridized carbons (Fsp3) is 0.375. The van der Waals surface area contributed by atoms with Crippen molar-refractivity contribution in [1.82, 2.24) is 25.4 Å². The van der Waals surface area contributed by atoms with Gasteiger partial charge in [-0.3, -0.25) is 0 Å². The Hall–Kier alpha value is -3.19. The molecule has 3 aromatic heterocycles. The molecule has 0 amide bonds. The molecule has 31 heavy (non-hydrogen) atoms. The number of nitrogens with zero attached hydrogens (tertiary/aromatic N) is 3. The SMILES string of the molecule is Cc1cnc(N[C@@H]2C[C@@H]3CC[C@H]2N3)nc1-c1c[nH]c2cc(-c3c(C)noc3C)ccc12. The van der Waals surface area contributed by atoms with Crippen LogP contribution in [0.1, 0.15) is 36.3 Å². The first kappa shape index (κ1) is 18.6. The number of nitrogens with one attached hydrogen (secondary N) is 3. The van der Waals surface area contributed by atoms with E-state index in [2.05, 4.69) is 50.9 Å². The monoisotopic (exact) mass is 414 g/mol. The molecule has 0 unspecified atom stereocenters. The van der Waals surface area contributed by atoms with Gasteiger partial charge < -0.3 is 20.1 Å². The quantitative estimate of drug-likeness (QED) is 0.455. The highest BCUT2D eigenvalue weighted by molar-refractivity contribution is 5.97. The summed E-state index contributed by atoms with van der Waals surface area (Å²) >= 11 is 0. The number of benzene rings is 1. The number of aromatic amines is 1. The van der Waals surface area contributed by atoms with Gasteiger partial charge in [-0.2, -0.15) is 0 Å². The summed E-state index contributed by atoms with van der Waals surface area (Å²) in [5.74, 6) is 1.54. The second-order valence-corrected chi connectivity index (χ2v) is 8.92. The van der Waals surface area contributed by atoms with Crippen LogP contribution in [-0.4, -0.2) is 38.2 Å². The van der Waals surface area contributed by atoms with Crippen molar-refractivity contribution in [1.29, 1.82) is 0 Å². The number of rotatable bonds is 4. The molecule has 158 valence electrons. The predicted octanol–water partition coefficient (Wildman–Crippen LogP) is 4.51. The standard InChI is InChI=1S/C24H26N6O/c1-12-10-26-24(28-21-9-16-5-7-19(21)27-16)29-23(12)18-11-25-20-8-15(4-6-17(18)20)22-13(2)30-31-14(22)3/h4,6,8,10-11,16,19,21,25,27H,5,7,9H2,1-3H3,(H,26,28,29)/t16-,19+,21+/m0/s1. The molecular weight excluding hydrogens is 388 g/mol. The van der Waals surface area contributed by atoms with Crippen LogP contribution in [0, 0.1) is 20.8 Å². The van der Waals surface area contributed by atoms with E-state index >= 15 is 0 Å². The first-order valence-electron chi connectivity index (χ1n) is 11.0. The molecule has 1 aromatic carbocycles. The number of aromatic nitrogens is 4. The average molecular weight is 415 g/mol. The highest BCUT2D eigenvalue weighted by Gasteiger charge is 2.39. The maximum atomic E-state index is 5.35. The summed E-state index contributed by atoms with van der Waals surface area (Å²) in [5.41, 5.74) is 7.25. The maximum Gasteiger partial charge on any atom is 0.223 e. The Balaban J connectivity index is 1.35. The summed E-state index contributed by atoms with van der Waals surface area (Å²) in [6, 6.07) is 8.03. The van der Waals surface area contributed by atoms with Crippen molar-refractivity contribution in [2.75, 3.05) is 5.32 Å². The molecule has 0 spiro atoms. The Bertz CT molecular complexity index is 1270. The molecule has 2 fully saturated rings. The second kappa shape index (κ2) is 6.92. The molecule has 7 heteroatoms. The van der Waals surface area contributed by atoms with Gasteiger partial charge in [-0.05, 0) is 57.2 Å². The van der Waals surface area contributed by atoms with Gasteiger partial charge in [0.2, 0.25) is 5.95 Å². The topological polar surface area (TPSA) is 91.7 Å². The third kappa shape index (κ3) is 3.03. The molecule has 0 aliphatic carbocycles. The molecule has 0 radical (unpaired) electrons. The molecule has 3 atom stereocenters. The van der Waals surface area contributed by atoms with E-state index in [9.17, 15) is 0 Å². The van der Waals surface area contributed by atoms with Crippen molar-refractivity contribution in [3.8, 4) is 22.4 Å². The normalized spacial score (nSPS) is 22.5. The highest BCUT2D eigenvalue weighted by Crippen LogP contribution is 2.35. The minimum atomic E-state index is 0.412. The largest absolute Gasteiger partial charge is 0.361 e.